The van der Waals surface area contributed by atoms with Crippen molar-refractivity contribution in [2.24, 2.45) is 0 Å². The molecule has 7 heteroatoms. The lowest BCUT2D eigenvalue weighted by atomic mass is 10.2. The van der Waals surface area contributed by atoms with Gasteiger partial charge in [-0.2, -0.15) is 0 Å². The number of aliphatic hydroxyl groups excluding tert-OH is 1. The van der Waals surface area contributed by atoms with E-state index in [9.17, 15) is 13.2 Å². The summed E-state index contributed by atoms with van der Waals surface area (Å²) in [6.45, 7) is 1.71. The molecular formula is C10H19F3N2O2. The van der Waals surface area contributed by atoms with Crippen LogP contribution >= 0.6 is 0 Å². The predicted molar refractivity (Wildman–Crippen MR) is 56.6 cm³/mol. The Morgan fingerprint density at radius 2 is 2.12 bits per heavy atom. The minimum atomic E-state index is -4.57. The highest BCUT2D eigenvalue weighted by Crippen LogP contribution is 2.15. The molecule has 0 aromatic rings. The minimum Gasteiger partial charge on any atom is -0.395 e. The first-order valence-corrected chi connectivity index (χ1v) is 5.78. The third-order valence-electron chi connectivity index (χ3n) is 2.73. The summed E-state index contributed by atoms with van der Waals surface area (Å²) >= 11 is 0. The standard InChI is InChI=1S/C10H19F3N2O2/c11-10(12,13)17-7-5-15(4-6-16)8-9-2-1-3-14-9/h9,14,16H,1-8H2. The number of ether oxygens (including phenoxy) is 1. The average Bonchev–Trinajstić information content (AvgIpc) is 2.68. The Kier molecular flexibility index (Phi) is 6.18. The van der Waals surface area contributed by atoms with Gasteiger partial charge in [0, 0.05) is 25.7 Å². The minimum absolute atomic E-state index is 0.0568. The van der Waals surface area contributed by atoms with E-state index >= 15 is 0 Å². The lowest BCUT2D eigenvalue weighted by molar-refractivity contribution is -0.325. The maximum absolute atomic E-state index is 11.8. The summed E-state index contributed by atoms with van der Waals surface area (Å²) in [7, 11) is 0. The van der Waals surface area contributed by atoms with Crippen LogP contribution in [-0.2, 0) is 4.74 Å². The maximum Gasteiger partial charge on any atom is 0.522 e. The van der Waals surface area contributed by atoms with Crippen LogP contribution in [0.5, 0.6) is 0 Å². The van der Waals surface area contributed by atoms with Crippen molar-refractivity contribution in [1.82, 2.24) is 10.2 Å². The highest BCUT2D eigenvalue weighted by atomic mass is 19.4. The normalized spacial score (nSPS) is 21.4. The summed E-state index contributed by atoms with van der Waals surface area (Å²) < 4.78 is 39.1. The van der Waals surface area contributed by atoms with E-state index in [2.05, 4.69) is 10.1 Å². The topological polar surface area (TPSA) is 44.7 Å². The van der Waals surface area contributed by atoms with Crippen LogP contribution in [0.3, 0.4) is 0 Å². The third-order valence-corrected chi connectivity index (χ3v) is 2.73. The molecule has 0 amide bonds. The smallest absolute Gasteiger partial charge is 0.395 e. The summed E-state index contributed by atoms with van der Waals surface area (Å²) in [6, 6.07) is 0.312. The third kappa shape index (κ3) is 6.82. The molecule has 0 bridgehead atoms. The second kappa shape index (κ2) is 7.15. The molecule has 1 aliphatic heterocycles. The summed E-state index contributed by atoms with van der Waals surface area (Å²) in [5, 5.41) is 12.1. The molecule has 0 saturated carbocycles. The zero-order valence-electron chi connectivity index (χ0n) is 9.67. The van der Waals surface area contributed by atoms with Gasteiger partial charge in [0.2, 0.25) is 0 Å². The van der Waals surface area contributed by atoms with Crippen molar-refractivity contribution in [3.63, 3.8) is 0 Å². The van der Waals surface area contributed by atoms with Gasteiger partial charge in [-0.05, 0) is 19.4 Å². The number of nitrogens with one attached hydrogen (secondary N) is 1. The number of rotatable bonds is 7. The van der Waals surface area contributed by atoms with E-state index in [-0.39, 0.29) is 13.2 Å². The van der Waals surface area contributed by atoms with Crippen molar-refractivity contribution >= 4 is 0 Å². The highest BCUT2D eigenvalue weighted by Gasteiger charge is 2.29. The molecule has 1 aliphatic rings. The Balaban J connectivity index is 2.22. The second-order valence-electron chi connectivity index (χ2n) is 4.11. The number of nitrogens with zero attached hydrogens (tertiary/aromatic N) is 1. The van der Waals surface area contributed by atoms with E-state index in [1.807, 2.05) is 0 Å². The highest BCUT2D eigenvalue weighted by molar-refractivity contribution is 4.77. The first-order chi connectivity index (χ1) is 8.01. The van der Waals surface area contributed by atoms with E-state index in [0.717, 1.165) is 19.4 Å². The fraction of sp³-hybridized carbons (Fsp3) is 1.00. The van der Waals surface area contributed by atoms with Crippen molar-refractivity contribution in [2.45, 2.75) is 25.2 Å². The van der Waals surface area contributed by atoms with Crippen molar-refractivity contribution < 1.29 is 23.0 Å². The number of hydrogen-bond donors (Lipinski definition) is 2. The lowest BCUT2D eigenvalue weighted by Crippen LogP contribution is -2.41. The molecule has 1 rings (SSSR count). The van der Waals surface area contributed by atoms with Crippen LogP contribution in [-0.4, -0.2) is 61.8 Å². The molecule has 0 spiro atoms. The van der Waals surface area contributed by atoms with Gasteiger partial charge in [0.05, 0.1) is 13.2 Å². The monoisotopic (exact) mass is 256 g/mol. The van der Waals surface area contributed by atoms with E-state index < -0.39 is 13.0 Å². The number of halogens is 3. The van der Waals surface area contributed by atoms with Crippen LogP contribution < -0.4 is 5.32 Å². The van der Waals surface area contributed by atoms with Crippen LogP contribution in [0.2, 0.25) is 0 Å². The Labute approximate surface area is 98.7 Å². The maximum atomic E-state index is 11.8. The van der Waals surface area contributed by atoms with Crippen LogP contribution in [0.15, 0.2) is 0 Å². The van der Waals surface area contributed by atoms with Gasteiger partial charge in [0.25, 0.3) is 0 Å². The molecule has 0 aliphatic carbocycles. The van der Waals surface area contributed by atoms with Crippen LogP contribution in [0.25, 0.3) is 0 Å². The molecule has 1 unspecified atom stereocenters. The molecule has 2 N–H and O–H groups in total. The number of aliphatic hydroxyl groups is 1. The van der Waals surface area contributed by atoms with E-state index in [1.54, 1.807) is 4.90 Å². The fourth-order valence-electron chi connectivity index (χ4n) is 1.95. The molecule has 17 heavy (non-hydrogen) atoms. The first-order valence-electron chi connectivity index (χ1n) is 5.78. The van der Waals surface area contributed by atoms with E-state index in [4.69, 9.17) is 5.11 Å². The summed E-state index contributed by atoms with van der Waals surface area (Å²) in [5.41, 5.74) is 0. The Hall–Kier alpha value is -0.370. The molecule has 1 atom stereocenters. The Morgan fingerprint density at radius 1 is 1.35 bits per heavy atom. The zero-order valence-corrected chi connectivity index (χ0v) is 9.67. The van der Waals surface area contributed by atoms with Gasteiger partial charge in [-0.3, -0.25) is 9.64 Å². The van der Waals surface area contributed by atoms with Crippen molar-refractivity contribution in [2.75, 3.05) is 39.4 Å². The molecule has 1 saturated heterocycles. The predicted octanol–water partition coefficient (Wildman–Crippen LogP) is 0.569. The second-order valence-corrected chi connectivity index (χ2v) is 4.11. The molecule has 1 fully saturated rings. The largest absolute Gasteiger partial charge is 0.522 e. The van der Waals surface area contributed by atoms with E-state index in [1.165, 1.54) is 0 Å². The summed E-state index contributed by atoms with van der Waals surface area (Å²) in [4.78, 5) is 1.79. The van der Waals surface area contributed by atoms with Crippen molar-refractivity contribution in [3.8, 4) is 0 Å². The van der Waals surface area contributed by atoms with Gasteiger partial charge in [-0.15, -0.1) is 13.2 Å². The number of hydrogen-bond acceptors (Lipinski definition) is 4. The lowest BCUT2D eigenvalue weighted by Gasteiger charge is -2.24. The van der Waals surface area contributed by atoms with Gasteiger partial charge in [-0.1, -0.05) is 0 Å². The SMILES string of the molecule is OCCN(CCOC(F)(F)F)CC1CCCN1. The molecule has 1 heterocycles. The van der Waals surface area contributed by atoms with Gasteiger partial charge < -0.3 is 10.4 Å². The zero-order chi connectivity index (χ0) is 12.7. The van der Waals surface area contributed by atoms with Crippen LogP contribution in [0.4, 0.5) is 13.2 Å². The quantitative estimate of drug-likeness (QED) is 0.699. The van der Waals surface area contributed by atoms with Gasteiger partial charge in [0.15, 0.2) is 0 Å². The number of alkyl halides is 3. The molecule has 0 aromatic carbocycles. The van der Waals surface area contributed by atoms with Crippen LogP contribution in [0.1, 0.15) is 12.8 Å². The summed E-state index contributed by atoms with van der Waals surface area (Å²) in [5.74, 6) is 0. The average molecular weight is 256 g/mol. The van der Waals surface area contributed by atoms with Crippen LogP contribution in [0, 0.1) is 0 Å². The van der Waals surface area contributed by atoms with E-state index in [0.29, 0.717) is 19.1 Å². The van der Waals surface area contributed by atoms with Crippen molar-refractivity contribution in [1.29, 1.82) is 0 Å². The van der Waals surface area contributed by atoms with Gasteiger partial charge in [0.1, 0.15) is 0 Å². The Bertz CT molecular complexity index is 208. The molecule has 0 radical (unpaired) electrons. The molecule has 4 nitrogen and oxygen atoms in total. The molecular weight excluding hydrogens is 237 g/mol. The molecule has 0 aromatic heterocycles. The Morgan fingerprint density at radius 3 is 2.65 bits per heavy atom. The van der Waals surface area contributed by atoms with Gasteiger partial charge in [-0.25, -0.2) is 0 Å². The van der Waals surface area contributed by atoms with Gasteiger partial charge >= 0.3 is 6.36 Å². The first kappa shape index (κ1) is 14.7. The van der Waals surface area contributed by atoms with Crippen molar-refractivity contribution in [3.05, 3.63) is 0 Å². The molecule has 102 valence electrons. The summed E-state index contributed by atoms with van der Waals surface area (Å²) in [6.07, 6.45) is -2.45. The fourth-order valence-corrected chi connectivity index (χ4v) is 1.95.